The third-order valence-corrected chi connectivity index (χ3v) is 9.46. The van der Waals surface area contributed by atoms with Crippen molar-refractivity contribution in [2.45, 2.75) is 63.0 Å². The van der Waals surface area contributed by atoms with E-state index in [2.05, 4.69) is 18.7 Å². The monoisotopic (exact) mass is 478 g/mol. The Hall–Kier alpha value is -1.80. The number of halogens is 3. The minimum Gasteiger partial charge on any atom is -0.455 e. The van der Waals surface area contributed by atoms with Gasteiger partial charge in [0.15, 0.2) is 0 Å². The smallest absolute Gasteiger partial charge is 0.416 e. The number of carbonyl (C=O) groups is 1. The Labute approximate surface area is 198 Å². The lowest BCUT2D eigenvalue weighted by atomic mass is 9.55. The van der Waals surface area contributed by atoms with Crippen LogP contribution in [-0.4, -0.2) is 60.9 Å². The third kappa shape index (κ3) is 3.39. The van der Waals surface area contributed by atoms with Crippen molar-refractivity contribution in [2.24, 2.45) is 23.7 Å². The predicted molar refractivity (Wildman–Crippen MR) is 120 cm³/mol. The van der Waals surface area contributed by atoms with E-state index in [0.717, 1.165) is 44.8 Å². The SMILES string of the molecule is C[C@@H]1CC[C@@H]2[C@H](CN3CCN(c4cccc(C(F)(F)F)c4)CC3)C(=O)O[C@]23[C@@H]1CC[C@@]1(C)O[C@@H]31. The van der Waals surface area contributed by atoms with Gasteiger partial charge in [-0.3, -0.25) is 9.69 Å². The summed E-state index contributed by atoms with van der Waals surface area (Å²) in [5.41, 5.74) is -0.622. The highest BCUT2D eigenvalue weighted by atomic mass is 19.4. The Morgan fingerprint density at radius 1 is 1.09 bits per heavy atom. The molecule has 5 nitrogen and oxygen atoms in total. The maximum Gasteiger partial charge on any atom is 0.416 e. The van der Waals surface area contributed by atoms with Crippen LogP contribution in [0.15, 0.2) is 24.3 Å². The number of hydrogen-bond acceptors (Lipinski definition) is 5. The summed E-state index contributed by atoms with van der Waals surface area (Å²) in [6, 6.07) is 5.55. The number of nitrogens with zero attached hydrogens (tertiary/aromatic N) is 2. The fourth-order valence-electron chi connectivity index (χ4n) is 7.61. The Morgan fingerprint density at radius 2 is 1.85 bits per heavy atom. The van der Waals surface area contributed by atoms with Crippen LogP contribution in [0.4, 0.5) is 18.9 Å². The second kappa shape index (κ2) is 7.60. The maximum absolute atomic E-state index is 13.2. The van der Waals surface area contributed by atoms with Crippen LogP contribution in [0, 0.1) is 23.7 Å². The fourth-order valence-corrected chi connectivity index (χ4v) is 7.61. The summed E-state index contributed by atoms with van der Waals surface area (Å²) in [4.78, 5) is 17.5. The summed E-state index contributed by atoms with van der Waals surface area (Å²) >= 11 is 0. The first kappa shape index (κ1) is 22.7. The van der Waals surface area contributed by atoms with Crippen molar-refractivity contribution in [2.75, 3.05) is 37.6 Å². The molecule has 1 spiro atoms. The van der Waals surface area contributed by atoms with E-state index < -0.39 is 17.3 Å². The molecular formula is C26H33F3N2O3. The highest BCUT2D eigenvalue weighted by Gasteiger charge is 2.77. The molecule has 1 aromatic rings. The summed E-state index contributed by atoms with van der Waals surface area (Å²) in [6.07, 6.45) is -0.100. The van der Waals surface area contributed by atoms with E-state index in [1.54, 1.807) is 6.07 Å². The first-order chi connectivity index (χ1) is 16.1. The molecule has 0 radical (unpaired) electrons. The summed E-state index contributed by atoms with van der Waals surface area (Å²) in [6.45, 7) is 7.83. The number of fused-ring (bicyclic) bond motifs is 1. The van der Waals surface area contributed by atoms with Gasteiger partial charge in [0, 0.05) is 50.2 Å². The molecule has 186 valence electrons. The summed E-state index contributed by atoms with van der Waals surface area (Å²) in [5, 5.41) is 0. The molecule has 5 fully saturated rings. The zero-order valence-electron chi connectivity index (χ0n) is 19.8. The van der Waals surface area contributed by atoms with Gasteiger partial charge in [0.25, 0.3) is 0 Å². The largest absolute Gasteiger partial charge is 0.455 e. The lowest BCUT2D eigenvalue weighted by Crippen LogP contribution is -2.58. The first-order valence-electron chi connectivity index (χ1n) is 12.7. The number of alkyl halides is 3. The van der Waals surface area contributed by atoms with E-state index in [4.69, 9.17) is 9.47 Å². The van der Waals surface area contributed by atoms with E-state index in [0.29, 0.717) is 37.2 Å². The average Bonchev–Trinajstić information content (AvgIpc) is 3.43. The van der Waals surface area contributed by atoms with E-state index in [9.17, 15) is 18.0 Å². The van der Waals surface area contributed by atoms with Crippen LogP contribution in [0.25, 0.3) is 0 Å². The molecule has 0 bridgehead atoms. The second-order valence-corrected chi connectivity index (χ2v) is 11.3. The van der Waals surface area contributed by atoms with Gasteiger partial charge in [-0.05, 0) is 56.7 Å². The van der Waals surface area contributed by atoms with Gasteiger partial charge >= 0.3 is 12.1 Å². The molecular weight excluding hydrogens is 445 g/mol. The predicted octanol–water partition coefficient (Wildman–Crippen LogP) is 4.35. The van der Waals surface area contributed by atoms with Crippen molar-refractivity contribution < 1.29 is 27.4 Å². The van der Waals surface area contributed by atoms with Gasteiger partial charge in [-0.2, -0.15) is 13.2 Å². The molecule has 3 heterocycles. The quantitative estimate of drug-likeness (QED) is 0.478. The van der Waals surface area contributed by atoms with Crippen LogP contribution < -0.4 is 4.90 Å². The Kier molecular flexibility index (Phi) is 5.06. The number of epoxide rings is 1. The van der Waals surface area contributed by atoms with Gasteiger partial charge in [-0.15, -0.1) is 0 Å². The molecule has 7 atom stereocenters. The molecule has 0 N–H and O–H groups in total. The number of ether oxygens (including phenoxy) is 2. The Morgan fingerprint density at radius 3 is 2.59 bits per heavy atom. The van der Waals surface area contributed by atoms with Crippen molar-refractivity contribution in [1.82, 2.24) is 4.90 Å². The molecule has 0 amide bonds. The molecule has 1 aromatic carbocycles. The Bertz CT molecular complexity index is 978. The van der Waals surface area contributed by atoms with E-state index in [1.807, 2.05) is 4.90 Å². The number of esters is 1. The number of benzene rings is 1. The lowest BCUT2D eigenvalue weighted by molar-refractivity contribution is -0.168. The van der Waals surface area contributed by atoms with Gasteiger partial charge in [0.05, 0.1) is 17.1 Å². The first-order valence-corrected chi connectivity index (χ1v) is 12.7. The number of rotatable bonds is 3. The van der Waals surface area contributed by atoms with Gasteiger partial charge in [-0.1, -0.05) is 13.0 Å². The van der Waals surface area contributed by atoms with Crippen molar-refractivity contribution in [1.29, 1.82) is 0 Å². The molecule has 2 aliphatic carbocycles. The molecule has 0 unspecified atom stereocenters. The second-order valence-electron chi connectivity index (χ2n) is 11.3. The molecule has 0 aromatic heterocycles. The maximum atomic E-state index is 13.2. The Balaban J connectivity index is 1.14. The highest BCUT2D eigenvalue weighted by Crippen LogP contribution is 2.66. The van der Waals surface area contributed by atoms with Crippen LogP contribution in [0.3, 0.4) is 0 Å². The van der Waals surface area contributed by atoms with Crippen LogP contribution in [-0.2, 0) is 20.4 Å². The van der Waals surface area contributed by atoms with E-state index in [1.165, 1.54) is 12.1 Å². The zero-order chi connectivity index (χ0) is 23.9. The standard InChI is InChI=1S/C26H33F3N2O3/c1-16-6-7-21-19(22(32)33-25(21)20(16)8-9-24(2)23(25)34-24)15-30-10-12-31(13-11-30)18-5-3-4-17(14-18)26(27,28)29/h3-5,14,16,19-21,23H,6-13,15H2,1-2H3/t16-,19+,20-,21-,23-,24-,25-/m1/s1. The van der Waals surface area contributed by atoms with Crippen LogP contribution >= 0.6 is 0 Å². The minimum atomic E-state index is -4.34. The van der Waals surface area contributed by atoms with Gasteiger partial charge in [-0.25, -0.2) is 0 Å². The summed E-state index contributed by atoms with van der Waals surface area (Å²) in [7, 11) is 0. The third-order valence-electron chi connectivity index (χ3n) is 9.46. The van der Waals surface area contributed by atoms with Gasteiger partial charge in [0.1, 0.15) is 11.7 Å². The number of carbonyl (C=O) groups excluding carboxylic acids is 1. The molecule has 6 rings (SSSR count). The molecule has 3 saturated heterocycles. The van der Waals surface area contributed by atoms with Crippen LogP contribution in [0.5, 0.6) is 0 Å². The summed E-state index contributed by atoms with van der Waals surface area (Å²) < 4.78 is 51.9. The molecule has 3 aliphatic heterocycles. The van der Waals surface area contributed by atoms with E-state index >= 15 is 0 Å². The summed E-state index contributed by atoms with van der Waals surface area (Å²) in [5.74, 6) is 0.867. The average molecular weight is 479 g/mol. The molecule has 5 aliphatic rings. The van der Waals surface area contributed by atoms with Gasteiger partial charge in [0.2, 0.25) is 0 Å². The van der Waals surface area contributed by atoms with Crippen molar-refractivity contribution in [3.63, 3.8) is 0 Å². The van der Waals surface area contributed by atoms with Crippen molar-refractivity contribution in [3.05, 3.63) is 29.8 Å². The molecule has 34 heavy (non-hydrogen) atoms. The highest BCUT2D eigenvalue weighted by molar-refractivity contribution is 5.77. The van der Waals surface area contributed by atoms with Crippen molar-refractivity contribution >= 4 is 11.7 Å². The van der Waals surface area contributed by atoms with E-state index in [-0.39, 0.29) is 29.5 Å². The van der Waals surface area contributed by atoms with Gasteiger partial charge < -0.3 is 14.4 Å². The molecule has 8 heteroatoms. The van der Waals surface area contributed by atoms with Crippen LogP contribution in [0.2, 0.25) is 0 Å². The topological polar surface area (TPSA) is 45.3 Å². The lowest BCUT2D eigenvalue weighted by Gasteiger charge is -2.50. The molecule has 2 saturated carbocycles. The zero-order valence-corrected chi connectivity index (χ0v) is 19.8. The minimum absolute atomic E-state index is 0.0261. The van der Waals surface area contributed by atoms with Crippen molar-refractivity contribution in [3.8, 4) is 0 Å². The normalized spacial score (nSPS) is 42.0. The fraction of sp³-hybridized carbons (Fsp3) is 0.731. The number of piperazine rings is 1. The number of hydrogen-bond donors (Lipinski definition) is 0. The van der Waals surface area contributed by atoms with Crippen LogP contribution in [0.1, 0.15) is 45.1 Å². The number of anilines is 1.